The summed E-state index contributed by atoms with van der Waals surface area (Å²) in [5.74, 6) is 0.595. The molecule has 0 aliphatic carbocycles. The Balaban J connectivity index is 1.93. The van der Waals surface area contributed by atoms with Crippen LogP contribution in [0.4, 0.5) is 0 Å². The topological polar surface area (TPSA) is 17.8 Å². The Bertz CT molecular complexity index is 869. The number of benzene rings is 1. The van der Waals surface area contributed by atoms with Gasteiger partial charge in [-0.15, -0.1) is 0 Å². The molecule has 1 atom stereocenters. The SMILES string of the molecule is Cc1ccc(Cc2c3n(c4ccccc24)C(C)(C)CC3C)nc1. The highest BCUT2D eigenvalue weighted by atomic mass is 15.1. The fourth-order valence-corrected chi connectivity index (χ4v) is 4.40. The lowest BCUT2D eigenvalue weighted by Gasteiger charge is -2.22. The van der Waals surface area contributed by atoms with E-state index in [1.165, 1.54) is 34.1 Å². The average molecular weight is 304 g/mol. The van der Waals surface area contributed by atoms with Gasteiger partial charge < -0.3 is 4.57 Å². The minimum atomic E-state index is 0.188. The highest BCUT2D eigenvalue weighted by molar-refractivity contribution is 5.87. The quantitative estimate of drug-likeness (QED) is 0.638. The molecular formula is C21H24N2. The fraction of sp³-hybridized carbons (Fsp3) is 0.381. The summed E-state index contributed by atoms with van der Waals surface area (Å²) >= 11 is 0. The molecule has 0 N–H and O–H groups in total. The second-order valence-corrected chi connectivity index (χ2v) is 7.64. The molecule has 0 bridgehead atoms. The van der Waals surface area contributed by atoms with Crippen molar-refractivity contribution in [2.24, 2.45) is 0 Å². The van der Waals surface area contributed by atoms with Gasteiger partial charge in [0.15, 0.2) is 0 Å². The normalized spacial score (nSPS) is 19.2. The standard InChI is InChI=1S/C21H24N2/c1-14-9-10-16(22-13-14)11-18-17-7-5-6-8-19(17)23-20(18)15(2)12-21(23,3)4/h5-10,13,15H,11-12H2,1-4H3. The second kappa shape index (κ2) is 4.95. The zero-order valence-corrected chi connectivity index (χ0v) is 14.4. The Morgan fingerprint density at radius 2 is 1.96 bits per heavy atom. The number of nitrogens with zero attached hydrogens (tertiary/aromatic N) is 2. The zero-order valence-electron chi connectivity index (χ0n) is 14.4. The molecule has 1 aromatic carbocycles. The van der Waals surface area contributed by atoms with E-state index in [-0.39, 0.29) is 5.54 Å². The summed E-state index contributed by atoms with van der Waals surface area (Å²) in [6.45, 7) is 9.18. The van der Waals surface area contributed by atoms with Gasteiger partial charge in [0.25, 0.3) is 0 Å². The highest BCUT2D eigenvalue weighted by Crippen LogP contribution is 2.46. The third-order valence-electron chi connectivity index (χ3n) is 5.23. The molecule has 3 aromatic rings. The van der Waals surface area contributed by atoms with Gasteiger partial charge in [-0.05, 0) is 56.4 Å². The molecule has 0 fully saturated rings. The molecular weight excluding hydrogens is 280 g/mol. The van der Waals surface area contributed by atoms with Crippen LogP contribution in [-0.4, -0.2) is 9.55 Å². The van der Waals surface area contributed by atoms with Crippen molar-refractivity contribution in [3.8, 4) is 0 Å². The van der Waals surface area contributed by atoms with Crippen LogP contribution in [0, 0.1) is 6.92 Å². The number of aromatic nitrogens is 2. The molecule has 3 heterocycles. The van der Waals surface area contributed by atoms with Crippen molar-refractivity contribution in [1.29, 1.82) is 0 Å². The molecule has 118 valence electrons. The van der Waals surface area contributed by atoms with E-state index in [0.29, 0.717) is 5.92 Å². The van der Waals surface area contributed by atoms with Crippen molar-refractivity contribution in [3.63, 3.8) is 0 Å². The van der Waals surface area contributed by atoms with Crippen molar-refractivity contribution in [1.82, 2.24) is 9.55 Å². The predicted octanol–water partition coefficient (Wildman–Crippen LogP) is 5.18. The van der Waals surface area contributed by atoms with Gasteiger partial charge in [-0.1, -0.05) is 31.2 Å². The Hall–Kier alpha value is -2.09. The summed E-state index contributed by atoms with van der Waals surface area (Å²) in [6.07, 6.45) is 4.10. The predicted molar refractivity (Wildman–Crippen MR) is 96.1 cm³/mol. The van der Waals surface area contributed by atoms with Gasteiger partial charge in [-0.25, -0.2) is 0 Å². The molecule has 1 aliphatic heterocycles. The van der Waals surface area contributed by atoms with E-state index in [4.69, 9.17) is 0 Å². The molecule has 0 spiro atoms. The van der Waals surface area contributed by atoms with Crippen molar-refractivity contribution < 1.29 is 0 Å². The van der Waals surface area contributed by atoms with Crippen LogP contribution in [0.25, 0.3) is 10.9 Å². The summed E-state index contributed by atoms with van der Waals surface area (Å²) in [5, 5.41) is 1.39. The van der Waals surface area contributed by atoms with Crippen LogP contribution in [0.5, 0.6) is 0 Å². The van der Waals surface area contributed by atoms with E-state index in [0.717, 1.165) is 12.1 Å². The number of hydrogen-bond acceptors (Lipinski definition) is 1. The van der Waals surface area contributed by atoms with Crippen LogP contribution in [0.3, 0.4) is 0 Å². The second-order valence-electron chi connectivity index (χ2n) is 7.64. The van der Waals surface area contributed by atoms with Crippen molar-refractivity contribution in [2.45, 2.75) is 52.0 Å². The maximum atomic E-state index is 4.64. The molecule has 4 rings (SSSR count). The third kappa shape index (κ3) is 2.20. The maximum Gasteiger partial charge on any atom is 0.0490 e. The van der Waals surface area contributed by atoms with Crippen LogP contribution in [0.15, 0.2) is 42.6 Å². The summed E-state index contributed by atoms with van der Waals surface area (Å²) in [7, 11) is 0. The highest BCUT2D eigenvalue weighted by Gasteiger charge is 2.38. The Morgan fingerprint density at radius 1 is 1.17 bits per heavy atom. The van der Waals surface area contributed by atoms with Crippen molar-refractivity contribution >= 4 is 10.9 Å². The number of hydrogen-bond donors (Lipinski definition) is 0. The first-order valence-electron chi connectivity index (χ1n) is 8.51. The van der Waals surface area contributed by atoms with Gasteiger partial charge in [0.1, 0.15) is 0 Å². The van der Waals surface area contributed by atoms with E-state index >= 15 is 0 Å². The van der Waals surface area contributed by atoms with Gasteiger partial charge in [0, 0.05) is 40.4 Å². The van der Waals surface area contributed by atoms with E-state index in [9.17, 15) is 0 Å². The molecule has 2 nitrogen and oxygen atoms in total. The summed E-state index contributed by atoms with van der Waals surface area (Å²) in [6, 6.07) is 13.2. The van der Waals surface area contributed by atoms with E-state index in [2.05, 4.69) is 73.6 Å². The van der Waals surface area contributed by atoms with Crippen LogP contribution in [0.1, 0.15) is 55.6 Å². The van der Waals surface area contributed by atoms with E-state index in [1.54, 1.807) is 0 Å². The van der Waals surface area contributed by atoms with Gasteiger partial charge in [-0.2, -0.15) is 0 Å². The Kier molecular flexibility index (Phi) is 3.12. The molecule has 1 unspecified atom stereocenters. The number of pyridine rings is 1. The minimum absolute atomic E-state index is 0.188. The van der Waals surface area contributed by atoms with Crippen molar-refractivity contribution in [3.05, 3.63) is 65.1 Å². The summed E-state index contributed by atoms with van der Waals surface area (Å²) in [5.41, 5.74) is 6.92. The van der Waals surface area contributed by atoms with Crippen LogP contribution < -0.4 is 0 Å². The molecule has 2 aromatic heterocycles. The third-order valence-corrected chi connectivity index (χ3v) is 5.23. The molecule has 0 saturated carbocycles. The van der Waals surface area contributed by atoms with Crippen LogP contribution in [0.2, 0.25) is 0 Å². The molecule has 0 amide bonds. The first kappa shape index (κ1) is 14.5. The smallest absolute Gasteiger partial charge is 0.0490 e. The van der Waals surface area contributed by atoms with E-state index in [1.807, 2.05) is 6.20 Å². The largest absolute Gasteiger partial charge is 0.338 e. The molecule has 0 radical (unpaired) electrons. The average Bonchev–Trinajstić information content (AvgIpc) is 2.96. The van der Waals surface area contributed by atoms with Gasteiger partial charge in [0.05, 0.1) is 0 Å². The van der Waals surface area contributed by atoms with E-state index < -0.39 is 0 Å². The number of aryl methyl sites for hydroxylation is 1. The molecule has 23 heavy (non-hydrogen) atoms. The molecule has 0 saturated heterocycles. The summed E-state index contributed by atoms with van der Waals surface area (Å²) in [4.78, 5) is 4.64. The molecule has 2 heteroatoms. The lowest BCUT2D eigenvalue weighted by molar-refractivity contribution is 0.376. The number of para-hydroxylation sites is 1. The monoisotopic (exact) mass is 304 g/mol. The van der Waals surface area contributed by atoms with Crippen LogP contribution >= 0.6 is 0 Å². The van der Waals surface area contributed by atoms with Gasteiger partial charge in [-0.3, -0.25) is 4.98 Å². The molecule has 1 aliphatic rings. The van der Waals surface area contributed by atoms with Gasteiger partial charge >= 0.3 is 0 Å². The fourth-order valence-electron chi connectivity index (χ4n) is 4.40. The number of rotatable bonds is 2. The zero-order chi connectivity index (χ0) is 16.2. The Labute approximate surface area is 138 Å². The lowest BCUT2D eigenvalue weighted by Crippen LogP contribution is -2.20. The Morgan fingerprint density at radius 3 is 2.70 bits per heavy atom. The van der Waals surface area contributed by atoms with Crippen LogP contribution in [-0.2, 0) is 12.0 Å². The maximum absolute atomic E-state index is 4.64. The number of fused-ring (bicyclic) bond motifs is 3. The lowest BCUT2D eigenvalue weighted by atomic mass is 9.92. The first-order chi connectivity index (χ1) is 11.0. The summed E-state index contributed by atoms with van der Waals surface area (Å²) < 4.78 is 2.58. The minimum Gasteiger partial charge on any atom is -0.338 e. The van der Waals surface area contributed by atoms with Crippen molar-refractivity contribution in [2.75, 3.05) is 0 Å². The first-order valence-corrected chi connectivity index (χ1v) is 8.51. The van der Waals surface area contributed by atoms with Gasteiger partial charge in [0.2, 0.25) is 0 Å².